The van der Waals surface area contributed by atoms with Crippen molar-refractivity contribution >= 4 is 0 Å². The number of benzene rings is 2. The van der Waals surface area contributed by atoms with Crippen molar-refractivity contribution in [3.05, 3.63) is 71.8 Å². The molecule has 1 heteroatoms. The molecule has 0 saturated heterocycles. The normalized spacial score (nSPS) is 33.6. The van der Waals surface area contributed by atoms with Gasteiger partial charge in [-0.05, 0) is 60.5 Å². The molecule has 1 N–H and O–H groups in total. The summed E-state index contributed by atoms with van der Waals surface area (Å²) in [6.45, 7) is 0. The molecule has 0 heterocycles. The van der Waals surface area contributed by atoms with Gasteiger partial charge in [0.15, 0.2) is 0 Å². The molecule has 130 valence electrons. The lowest BCUT2D eigenvalue weighted by molar-refractivity contribution is 0.171. The van der Waals surface area contributed by atoms with Gasteiger partial charge in [0, 0.05) is 6.04 Å². The molecular formula is C24H29N. The third-order valence-corrected chi connectivity index (χ3v) is 7.27. The lowest BCUT2D eigenvalue weighted by atomic mass is 9.75. The number of rotatable bonds is 4. The molecule has 3 aliphatic carbocycles. The third-order valence-electron chi connectivity index (χ3n) is 7.27. The van der Waals surface area contributed by atoms with Crippen LogP contribution >= 0.6 is 0 Å². The zero-order chi connectivity index (χ0) is 16.6. The molecule has 0 aromatic heterocycles. The van der Waals surface area contributed by atoms with Crippen molar-refractivity contribution in [1.82, 2.24) is 5.32 Å². The van der Waals surface area contributed by atoms with Gasteiger partial charge in [0.2, 0.25) is 0 Å². The topological polar surface area (TPSA) is 12.0 Å². The molecule has 0 radical (unpaired) electrons. The average molecular weight is 332 g/mol. The van der Waals surface area contributed by atoms with Crippen LogP contribution in [0.3, 0.4) is 0 Å². The van der Waals surface area contributed by atoms with Crippen molar-refractivity contribution in [3.63, 3.8) is 0 Å². The van der Waals surface area contributed by atoms with Crippen LogP contribution in [0.4, 0.5) is 0 Å². The van der Waals surface area contributed by atoms with E-state index in [-0.39, 0.29) is 0 Å². The SMILES string of the molecule is c1ccc(C(NC2C3CCCC4CC2CC4C3)c2ccccc2)cc1. The van der Waals surface area contributed by atoms with Gasteiger partial charge in [-0.15, -0.1) is 0 Å². The van der Waals surface area contributed by atoms with Crippen LogP contribution < -0.4 is 5.32 Å². The molecule has 3 aliphatic rings. The lowest BCUT2D eigenvalue weighted by Crippen LogP contribution is -2.46. The van der Waals surface area contributed by atoms with Crippen LogP contribution in [0.15, 0.2) is 60.7 Å². The summed E-state index contributed by atoms with van der Waals surface area (Å²) in [5, 5.41) is 4.17. The van der Waals surface area contributed by atoms with Crippen LogP contribution in [0, 0.1) is 23.7 Å². The average Bonchev–Trinajstić information content (AvgIpc) is 2.90. The minimum atomic E-state index is 0.324. The van der Waals surface area contributed by atoms with Crippen LogP contribution in [0.1, 0.15) is 55.7 Å². The zero-order valence-corrected chi connectivity index (χ0v) is 15.0. The second kappa shape index (κ2) is 6.61. The van der Waals surface area contributed by atoms with Gasteiger partial charge in [0.25, 0.3) is 0 Å². The fourth-order valence-electron chi connectivity index (χ4n) is 6.19. The van der Waals surface area contributed by atoms with E-state index in [1.54, 1.807) is 0 Å². The van der Waals surface area contributed by atoms with Crippen LogP contribution in [-0.2, 0) is 0 Å². The fourth-order valence-corrected chi connectivity index (χ4v) is 6.19. The van der Waals surface area contributed by atoms with Gasteiger partial charge >= 0.3 is 0 Å². The van der Waals surface area contributed by atoms with Crippen molar-refractivity contribution < 1.29 is 0 Å². The monoisotopic (exact) mass is 331 g/mol. The molecule has 2 aromatic rings. The Balaban J connectivity index is 1.46. The Hall–Kier alpha value is -1.60. The Bertz CT molecular complexity index is 655. The summed E-state index contributed by atoms with van der Waals surface area (Å²) in [5.74, 6) is 3.88. The fraction of sp³-hybridized carbons (Fsp3) is 0.500. The second-order valence-corrected chi connectivity index (χ2v) is 8.63. The van der Waals surface area contributed by atoms with Gasteiger partial charge in [-0.2, -0.15) is 0 Å². The maximum absolute atomic E-state index is 4.17. The maximum atomic E-state index is 4.17. The standard InChI is InChI=1S/C24H29N/c1-3-8-17(9-4-1)23(18-10-5-2-6-11-18)25-24-20-13-7-12-19-14-22(24)16-21(19)15-20/h1-6,8-11,19-25H,7,12-16H2. The second-order valence-electron chi connectivity index (χ2n) is 8.63. The smallest absolute Gasteiger partial charge is 0.0579 e. The summed E-state index contributed by atoms with van der Waals surface area (Å²) in [5.41, 5.74) is 2.81. The van der Waals surface area contributed by atoms with E-state index in [0.29, 0.717) is 12.1 Å². The van der Waals surface area contributed by atoms with Crippen molar-refractivity contribution in [3.8, 4) is 0 Å². The van der Waals surface area contributed by atoms with E-state index < -0.39 is 0 Å². The van der Waals surface area contributed by atoms with Gasteiger partial charge in [0.05, 0.1) is 6.04 Å². The molecule has 2 aromatic carbocycles. The van der Waals surface area contributed by atoms with E-state index in [0.717, 1.165) is 23.7 Å². The quantitative estimate of drug-likeness (QED) is 0.771. The molecule has 1 nitrogen and oxygen atoms in total. The van der Waals surface area contributed by atoms with Gasteiger partial charge in [-0.1, -0.05) is 73.5 Å². The molecule has 0 spiro atoms. The first-order chi connectivity index (χ1) is 12.4. The number of nitrogens with one attached hydrogen (secondary N) is 1. The molecule has 5 rings (SSSR count). The van der Waals surface area contributed by atoms with Crippen LogP contribution in [-0.4, -0.2) is 6.04 Å². The molecule has 0 amide bonds. The van der Waals surface area contributed by atoms with E-state index in [1.165, 1.54) is 49.7 Å². The van der Waals surface area contributed by atoms with E-state index in [2.05, 4.69) is 66.0 Å². The van der Waals surface area contributed by atoms with Crippen LogP contribution in [0.2, 0.25) is 0 Å². The first-order valence-electron chi connectivity index (χ1n) is 10.2. The first-order valence-corrected chi connectivity index (χ1v) is 10.2. The Labute approximate surface area is 151 Å². The minimum absolute atomic E-state index is 0.324. The van der Waals surface area contributed by atoms with E-state index in [1.807, 2.05) is 0 Å². The van der Waals surface area contributed by atoms with Crippen molar-refractivity contribution in [2.75, 3.05) is 0 Å². The number of fused-ring (bicyclic) bond motifs is 2. The summed E-state index contributed by atoms with van der Waals surface area (Å²) in [7, 11) is 0. The highest BCUT2D eigenvalue weighted by molar-refractivity contribution is 5.32. The highest BCUT2D eigenvalue weighted by Crippen LogP contribution is 2.53. The minimum Gasteiger partial charge on any atom is -0.303 e. The van der Waals surface area contributed by atoms with Crippen molar-refractivity contribution in [2.24, 2.45) is 23.7 Å². The Kier molecular flexibility index (Phi) is 4.13. The van der Waals surface area contributed by atoms with Gasteiger partial charge in [-0.3, -0.25) is 0 Å². The molecule has 3 bridgehead atoms. The van der Waals surface area contributed by atoms with Crippen molar-refractivity contribution in [2.45, 2.75) is 50.6 Å². The Morgan fingerprint density at radius 3 is 1.88 bits per heavy atom. The predicted octanol–water partition coefficient (Wildman–Crippen LogP) is 5.58. The maximum Gasteiger partial charge on any atom is 0.0579 e. The Morgan fingerprint density at radius 2 is 1.20 bits per heavy atom. The molecule has 5 atom stereocenters. The number of hydrogen-bond acceptors (Lipinski definition) is 1. The predicted molar refractivity (Wildman–Crippen MR) is 103 cm³/mol. The highest BCUT2D eigenvalue weighted by Gasteiger charge is 2.48. The Morgan fingerprint density at radius 1 is 0.640 bits per heavy atom. The van der Waals surface area contributed by atoms with Gasteiger partial charge in [-0.25, -0.2) is 0 Å². The summed E-state index contributed by atoms with van der Waals surface area (Å²) in [6.07, 6.45) is 8.85. The summed E-state index contributed by atoms with van der Waals surface area (Å²) in [6, 6.07) is 23.1. The summed E-state index contributed by atoms with van der Waals surface area (Å²) < 4.78 is 0. The van der Waals surface area contributed by atoms with Crippen LogP contribution in [0.5, 0.6) is 0 Å². The van der Waals surface area contributed by atoms with E-state index in [9.17, 15) is 0 Å². The lowest BCUT2D eigenvalue weighted by Gasteiger charge is -2.40. The van der Waals surface area contributed by atoms with E-state index in [4.69, 9.17) is 0 Å². The molecular weight excluding hydrogens is 302 g/mol. The van der Waals surface area contributed by atoms with E-state index >= 15 is 0 Å². The summed E-state index contributed by atoms with van der Waals surface area (Å²) >= 11 is 0. The van der Waals surface area contributed by atoms with Crippen molar-refractivity contribution in [1.29, 1.82) is 0 Å². The van der Waals surface area contributed by atoms with Gasteiger partial charge < -0.3 is 5.32 Å². The molecule has 25 heavy (non-hydrogen) atoms. The van der Waals surface area contributed by atoms with Crippen LogP contribution in [0.25, 0.3) is 0 Å². The summed E-state index contributed by atoms with van der Waals surface area (Å²) in [4.78, 5) is 0. The van der Waals surface area contributed by atoms with Gasteiger partial charge in [0.1, 0.15) is 0 Å². The first kappa shape index (κ1) is 15.6. The largest absolute Gasteiger partial charge is 0.303 e. The molecule has 5 unspecified atom stereocenters. The molecule has 3 saturated carbocycles. The molecule has 3 fully saturated rings. The molecule has 0 aliphatic heterocycles. The number of hydrogen-bond donors (Lipinski definition) is 1. The highest BCUT2D eigenvalue weighted by atomic mass is 15.0. The third kappa shape index (κ3) is 2.93. The zero-order valence-electron chi connectivity index (χ0n) is 15.0.